The predicted octanol–water partition coefficient (Wildman–Crippen LogP) is 1.72. The van der Waals surface area contributed by atoms with Gasteiger partial charge in [0.25, 0.3) is 5.91 Å². The number of nitrogens with zero attached hydrogens (tertiary/aromatic N) is 5. The Kier molecular flexibility index (Phi) is 4.95. The maximum Gasteiger partial charge on any atom is 0.270 e. The summed E-state index contributed by atoms with van der Waals surface area (Å²) in [6, 6.07) is 11.3. The minimum absolute atomic E-state index is 0.248. The van der Waals surface area contributed by atoms with E-state index >= 15 is 0 Å². The summed E-state index contributed by atoms with van der Waals surface area (Å²) in [7, 11) is 0. The molecule has 1 aliphatic rings. The van der Waals surface area contributed by atoms with Gasteiger partial charge in [0.05, 0.1) is 12.8 Å². The number of amides is 1. The molecule has 138 valence electrons. The number of pyridine rings is 1. The van der Waals surface area contributed by atoms with Gasteiger partial charge in [-0.3, -0.25) is 4.79 Å². The average molecular weight is 364 g/mol. The number of nitrogens with one attached hydrogen (secondary N) is 1. The lowest BCUT2D eigenvalue weighted by Gasteiger charge is -2.36. The maximum absolute atomic E-state index is 12.3. The molecule has 8 nitrogen and oxygen atoms in total. The molecule has 0 atom stereocenters. The van der Waals surface area contributed by atoms with E-state index in [1.807, 2.05) is 24.3 Å². The first-order valence-electron chi connectivity index (χ1n) is 8.83. The highest BCUT2D eigenvalue weighted by Crippen LogP contribution is 2.17. The van der Waals surface area contributed by atoms with Crippen molar-refractivity contribution in [1.82, 2.24) is 20.3 Å². The van der Waals surface area contributed by atoms with Crippen LogP contribution in [0.1, 0.15) is 16.2 Å². The molecule has 4 rings (SSSR count). The van der Waals surface area contributed by atoms with E-state index in [9.17, 15) is 4.79 Å². The molecule has 0 radical (unpaired) electrons. The minimum atomic E-state index is -0.248. The lowest BCUT2D eigenvalue weighted by Crippen LogP contribution is -2.47. The Balaban J connectivity index is 1.37. The van der Waals surface area contributed by atoms with Crippen molar-refractivity contribution in [3.8, 4) is 0 Å². The second-order valence-corrected chi connectivity index (χ2v) is 6.19. The van der Waals surface area contributed by atoms with Crippen LogP contribution in [0.2, 0.25) is 0 Å². The van der Waals surface area contributed by atoms with E-state index in [1.54, 1.807) is 24.6 Å². The van der Waals surface area contributed by atoms with Crippen molar-refractivity contribution in [2.75, 3.05) is 36.0 Å². The fourth-order valence-electron chi connectivity index (χ4n) is 3.02. The molecule has 1 aliphatic heterocycles. The standard InChI is InChI=1S/C19H20N6O2/c26-19(21-13-15-4-3-11-27-15)16-12-18(23-14-22-16)25-9-7-24(8-10-25)17-5-1-2-6-20-17/h1-6,11-12,14H,7-10,13H2,(H,21,26). The van der Waals surface area contributed by atoms with Gasteiger partial charge in [-0.15, -0.1) is 0 Å². The molecule has 1 amide bonds. The number of furan rings is 1. The van der Waals surface area contributed by atoms with Crippen LogP contribution in [0.5, 0.6) is 0 Å². The molecule has 1 saturated heterocycles. The summed E-state index contributed by atoms with van der Waals surface area (Å²) in [5.41, 5.74) is 0.346. The van der Waals surface area contributed by atoms with Gasteiger partial charge >= 0.3 is 0 Å². The van der Waals surface area contributed by atoms with Crippen LogP contribution in [0.25, 0.3) is 0 Å². The number of hydrogen-bond donors (Lipinski definition) is 1. The van der Waals surface area contributed by atoms with Gasteiger partial charge in [-0.1, -0.05) is 6.07 Å². The topological polar surface area (TPSA) is 87.4 Å². The van der Waals surface area contributed by atoms with Crippen LogP contribution in [0.4, 0.5) is 11.6 Å². The normalized spacial score (nSPS) is 14.2. The average Bonchev–Trinajstić information content (AvgIpc) is 3.27. The summed E-state index contributed by atoms with van der Waals surface area (Å²) < 4.78 is 5.22. The Labute approximate surface area is 156 Å². The first-order chi connectivity index (χ1) is 13.3. The van der Waals surface area contributed by atoms with Crippen LogP contribution >= 0.6 is 0 Å². The van der Waals surface area contributed by atoms with Crippen LogP contribution in [0.3, 0.4) is 0 Å². The molecule has 3 aromatic heterocycles. The number of carbonyl (C=O) groups is 1. The molecule has 0 aromatic carbocycles. The van der Waals surface area contributed by atoms with Crippen LogP contribution in [0.15, 0.2) is 59.6 Å². The Bertz CT molecular complexity index is 876. The predicted molar refractivity (Wildman–Crippen MR) is 101 cm³/mol. The fourth-order valence-corrected chi connectivity index (χ4v) is 3.02. The van der Waals surface area contributed by atoms with E-state index in [-0.39, 0.29) is 5.91 Å². The number of carbonyl (C=O) groups excluding carboxylic acids is 1. The monoisotopic (exact) mass is 364 g/mol. The van der Waals surface area contributed by atoms with Crippen molar-refractivity contribution in [2.45, 2.75) is 6.54 Å². The minimum Gasteiger partial charge on any atom is -0.467 e. The molecule has 0 unspecified atom stereocenters. The molecule has 3 aromatic rings. The van der Waals surface area contributed by atoms with Crippen molar-refractivity contribution in [3.05, 3.63) is 66.6 Å². The van der Waals surface area contributed by atoms with Gasteiger partial charge in [0, 0.05) is 38.4 Å². The largest absolute Gasteiger partial charge is 0.467 e. The molecule has 0 spiro atoms. The Hall–Kier alpha value is -3.42. The molecule has 0 saturated carbocycles. The molecule has 0 aliphatic carbocycles. The third-order valence-corrected chi connectivity index (χ3v) is 4.47. The molecular weight excluding hydrogens is 344 g/mol. The van der Waals surface area contributed by atoms with Crippen molar-refractivity contribution in [2.24, 2.45) is 0 Å². The number of anilines is 2. The third kappa shape index (κ3) is 4.05. The highest BCUT2D eigenvalue weighted by Gasteiger charge is 2.20. The van der Waals surface area contributed by atoms with E-state index in [2.05, 4.69) is 30.1 Å². The van der Waals surface area contributed by atoms with E-state index in [1.165, 1.54) is 6.33 Å². The van der Waals surface area contributed by atoms with Gasteiger partial charge in [-0.2, -0.15) is 0 Å². The van der Waals surface area contributed by atoms with Gasteiger partial charge in [0.15, 0.2) is 0 Å². The quantitative estimate of drug-likeness (QED) is 0.737. The third-order valence-electron chi connectivity index (χ3n) is 4.47. The van der Waals surface area contributed by atoms with Crippen molar-refractivity contribution < 1.29 is 9.21 Å². The summed E-state index contributed by atoms with van der Waals surface area (Å²) in [5, 5.41) is 2.80. The molecule has 4 heterocycles. The number of aromatic nitrogens is 3. The van der Waals surface area contributed by atoms with Gasteiger partial charge in [0.1, 0.15) is 29.4 Å². The van der Waals surface area contributed by atoms with Crippen molar-refractivity contribution in [3.63, 3.8) is 0 Å². The second-order valence-electron chi connectivity index (χ2n) is 6.19. The molecule has 1 N–H and O–H groups in total. The first kappa shape index (κ1) is 17.0. The van der Waals surface area contributed by atoms with E-state index in [0.717, 1.165) is 37.8 Å². The summed E-state index contributed by atoms with van der Waals surface area (Å²) in [5.74, 6) is 2.19. The lowest BCUT2D eigenvalue weighted by molar-refractivity contribution is 0.0943. The molecule has 27 heavy (non-hydrogen) atoms. The zero-order valence-electron chi connectivity index (χ0n) is 14.8. The second kappa shape index (κ2) is 7.86. The van der Waals surface area contributed by atoms with E-state index in [0.29, 0.717) is 18.0 Å². The first-order valence-corrected chi connectivity index (χ1v) is 8.83. The summed E-state index contributed by atoms with van der Waals surface area (Å²) in [4.78, 5) is 29.6. The van der Waals surface area contributed by atoms with E-state index < -0.39 is 0 Å². The summed E-state index contributed by atoms with van der Waals surface area (Å²) >= 11 is 0. The molecule has 1 fully saturated rings. The number of rotatable bonds is 5. The van der Waals surface area contributed by atoms with Gasteiger partial charge < -0.3 is 19.5 Å². The summed E-state index contributed by atoms with van der Waals surface area (Å²) in [6.07, 6.45) is 4.82. The molecule has 0 bridgehead atoms. The number of hydrogen-bond acceptors (Lipinski definition) is 7. The molecular formula is C19H20N6O2. The van der Waals surface area contributed by atoms with Crippen molar-refractivity contribution >= 4 is 17.5 Å². The van der Waals surface area contributed by atoms with Crippen molar-refractivity contribution in [1.29, 1.82) is 0 Å². The zero-order chi connectivity index (χ0) is 18.5. The Morgan fingerprint density at radius 1 is 1.00 bits per heavy atom. The SMILES string of the molecule is O=C(NCc1ccco1)c1cc(N2CCN(c3ccccn3)CC2)ncn1. The number of piperazine rings is 1. The van der Waals surface area contributed by atoms with Gasteiger partial charge in [0.2, 0.25) is 0 Å². The highest BCUT2D eigenvalue weighted by atomic mass is 16.3. The maximum atomic E-state index is 12.3. The lowest BCUT2D eigenvalue weighted by atomic mass is 10.2. The fraction of sp³-hybridized carbons (Fsp3) is 0.263. The van der Waals surface area contributed by atoms with Crippen LogP contribution in [-0.2, 0) is 6.54 Å². The van der Waals surface area contributed by atoms with Crippen LogP contribution < -0.4 is 15.1 Å². The Morgan fingerprint density at radius 3 is 2.52 bits per heavy atom. The summed E-state index contributed by atoms with van der Waals surface area (Å²) in [6.45, 7) is 3.64. The Morgan fingerprint density at radius 2 is 1.81 bits per heavy atom. The smallest absolute Gasteiger partial charge is 0.270 e. The van der Waals surface area contributed by atoms with Crippen LogP contribution in [-0.4, -0.2) is 47.0 Å². The van der Waals surface area contributed by atoms with Gasteiger partial charge in [-0.25, -0.2) is 15.0 Å². The molecule has 8 heteroatoms. The van der Waals surface area contributed by atoms with Crippen LogP contribution in [0, 0.1) is 0 Å². The zero-order valence-corrected chi connectivity index (χ0v) is 14.8. The van der Waals surface area contributed by atoms with Gasteiger partial charge in [-0.05, 0) is 24.3 Å². The highest BCUT2D eigenvalue weighted by molar-refractivity contribution is 5.92. The van der Waals surface area contributed by atoms with E-state index in [4.69, 9.17) is 4.42 Å².